The van der Waals surface area contributed by atoms with Gasteiger partial charge in [0.2, 0.25) is 0 Å². The summed E-state index contributed by atoms with van der Waals surface area (Å²) in [7, 11) is 0. The zero-order chi connectivity index (χ0) is 16.2. The van der Waals surface area contributed by atoms with E-state index in [1.165, 1.54) is 12.1 Å². The van der Waals surface area contributed by atoms with Gasteiger partial charge in [-0.1, -0.05) is 12.1 Å². The first-order valence-electron chi connectivity index (χ1n) is 7.43. The number of rotatable bonds is 6. The van der Waals surface area contributed by atoms with E-state index in [0.717, 1.165) is 31.2 Å². The van der Waals surface area contributed by atoms with Crippen LogP contribution in [-0.4, -0.2) is 19.2 Å². The molecule has 0 atom stereocenters. The maximum atomic E-state index is 12.8. The second-order valence-electron chi connectivity index (χ2n) is 5.73. The molecule has 0 N–H and O–H groups in total. The van der Waals surface area contributed by atoms with Crippen molar-refractivity contribution in [1.82, 2.24) is 0 Å². The van der Waals surface area contributed by atoms with Gasteiger partial charge < -0.3 is 4.74 Å². The van der Waals surface area contributed by atoms with E-state index in [4.69, 9.17) is 0 Å². The Balaban J connectivity index is 1.93. The predicted molar refractivity (Wildman–Crippen MR) is 73.3 cm³/mol. The van der Waals surface area contributed by atoms with Gasteiger partial charge in [-0.2, -0.15) is 17.6 Å². The first-order chi connectivity index (χ1) is 10.4. The number of halogens is 5. The van der Waals surface area contributed by atoms with Crippen LogP contribution in [0.3, 0.4) is 0 Å². The molecule has 1 fully saturated rings. The Morgan fingerprint density at radius 2 is 1.64 bits per heavy atom. The van der Waals surface area contributed by atoms with E-state index < -0.39 is 12.5 Å². The molecule has 124 valence electrons. The molecule has 1 saturated carbocycles. The topological polar surface area (TPSA) is 9.23 Å². The Morgan fingerprint density at radius 1 is 1.05 bits per heavy atom. The highest BCUT2D eigenvalue weighted by molar-refractivity contribution is 5.30. The third-order valence-corrected chi connectivity index (χ3v) is 4.22. The van der Waals surface area contributed by atoms with Gasteiger partial charge in [0, 0.05) is 0 Å². The van der Waals surface area contributed by atoms with E-state index in [1.807, 2.05) is 0 Å². The monoisotopic (exact) mass is 322 g/mol. The number of benzene rings is 1. The summed E-state index contributed by atoms with van der Waals surface area (Å²) in [5.74, 6) is 0.453. The average molecular weight is 322 g/mol. The average Bonchev–Trinajstić information content (AvgIpc) is 2.49. The molecular formula is C16H19F5O. The van der Waals surface area contributed by atoms with Crippen LogP contribution < -0.4 is 4.74 Å². The summed E-state index contributed by atoms with van der Waals surface area (Å²) in [6.07, 6.45) is -3.98. The van der Waals surface area contributed by atoms with Crippen LogP contribution >= 0.6 is 0 Å². The van der Waals surface area contributed by atoms with Gasteiger partial charge in [-0.25, -0.2) is 0 Å². The van der Waals surface area contributed by atoms with E-state index in [9.17, 15) is 22.0 Å². The molecule has 0 spiro atoms. The van der Waals surface area contributed by atoms with Gasteiger partial charge in [-0.3, -0.25) is 4.39 Å². The Kier molecular flexibility index (Phi) is 5.64. The summed E-state index contributed by atoms with van der Waals surface area (Å²) in [6, 6.07) is 5.85. The maximum Gasteiger partial charge on any atom is 0.461 e. The summed E-state index contributed by atoms with van der Waals surface area (Å²) in [5, 5.41) is 0. The summed E-state index contributed by atoms with van der Waals surface area (Å²) >= 11 is 0. The van der Waals surface area contributed by atoms with Crippen LogP contribution in [-0.2, 0) is 0 Å². The minimum Gasteiger partial charge on any atom is -0.428 e. The smallest absolute Gasteiger partial charge is 0.428 e. The number of hydrogen-bond donors (Lipinski definition) is 0. The summed E-state index contributed by atoms with van der Waals surface area (Å²) in [6.45, 7) is -0.292. The molecule has 0 aliphatic heterocycles. The highest BCUT2D eigenvalue weighted by Crippen LogP contribution is 2.38. The van der Waals surface area contributed by atoms with Crippen LogP contribution in [0.1, 0.15) is 43.6 Å². The molecule has 6 heteroatoms. The second kappa shape index (κ2) is 7.29. The number of alkyl halides is 5. The van der Waals surface area contributed by atoms with Crippen LogP contribution in [0, 0.1) is 5.92 Å². The van der Waals surface area contributed by atoms with Crippen LogP contribution in [0.25, 0.3) is 0 Å². The molecule has 2 rings (SSSR count). The van der Waals surface area contributed by atoms with Gasteiger partial charge in [0.05, 0.1) is 6.67 Å². The zero-order valence-corrected chi connectivity index (χ0v) is 12.1. The van der Waals surface area contributed by atoms with Crippen molar-refractivity contribution in [3.63, 3.8) is 0 Å². The van der Waals surface area contributed by atoms with Gasteiger partial charge in [0.1, 0.15) is 5.75 Å². The Labute approximate surface area is 126 Å². The zero-order valence-electron chi connectivity index (χ0n) is 12.1. The van der Waals surface area contributed by atoms with E-state index in [0.29, 0.717) is 18.3 Å². The SMILES string of the molecule is FCCC1CCC(c2ccc(OC(F)(F)C(F)F)cc2)CC1. The molecule has 0 bridgehead atoms. The number of ether oxygens (including phenoxy) is 1. The third-order valence-electron chi connectivity index (χ3n) is 4.22. The molecule has 0 radical (unpaired) electrons. The molecule has 1 nitrogen and oxygen atoms in total. The third kappa shape index (κ3) is 4.34. The van der Waals surface area contributed by atoms with Crippen molar-refractivity contribution in [3.05, 3.63) is 29.8 Å². The van der Waals surface area contributed by atoms with Gasteiger partial charge in [-0.05, 0) is 61.6 Å². The minimum atomic E-state index is -4.48. The molecule has 1 aromatic rings. The molecular weight excluding hydrogens is 303 g/mol. The first kappa shape index (κ1) is 17.0. The van der Waals surface area contributed by atoms with E-state index >= 15 is 0 Å². The molecule has 1 aromatic carbocycles. The van der Waals surface area contributed by atoms with Crippen LogP contribution in [0.4, 0.5) is 22.0 Å². The van der Waals surface area contributed by atoms with Crippen molar-refractivity contribution in [3.8, 4) is 5.75 Å². The Bertz CT molecular complexity index is 452. The van der Waals surface area contributed by atoms with Crippen molar-refractivity contribution in [1.29, 1.82) is 0 Å². The van der Waals surface area contributed by atoms with Crippen LogP contribution in [0.5, 0.6) is 5.75 Å². The standard InChI is InChI=1S/C16H19F5O/c17-10-9-11-1-3-12(4-2-11)13-5-7-14(8-6-13)22-16(20,21)15(18)19/h5-8,11-12,15H,1-4,9-10H2. The number of hydrogen-bond acceptors (Lipinski definition) is 1. The lowest BCUT2D eigenvalue weighted by Gasteiger charge is -2.28. The molecule has 22 heavy (non-hydrogen) atoms. The molecule has 0 aromatic heterocycles. The molecule has 0 heterocycles. The molecule has 1 aliphatic carbocycles. The summed E-state index contributed by atoms with van der Waals surface area (Å²) in [4.78, 5) is 0. The fourth-order valence-corrected chi connectivity index (χ4v) is 2.95. The van der Waals surface area contributed by atoms with Crippen molar-refractivity contribution in [2.24, 2.45) is 5.92 Å². The Morgan fingerprint density at radius 3 is 2.14 bits per heavy atom. The summed E-state index contributed by atoms with van der Waals surface area (Å²) in [5.41, 5.74) is 0.978. The predicted octanol–water partition coefficient (Wildman–Crippen LogP) is 5.56. The van der Waals surface area contributed by atoms with Gasteiger partial charge >= 0.3 is 12.5 Å². The molecule has 0 amide bonds. The first-order valence-corrected chi connectivity index (χ1v) is 7.43. The lowest BCUT2D eigenvalue weighted by Crippen LogP contribution is -2.33. The summed E-state index contributed by atoms with van der Waals surface area (Å²) < 4.78 is 66.1. The highest BCUT2D eigenvalue weighted by Gasteiger charge is 2.43. The van der Waals surface area contributed by atoms with Crippen molar-refractivity contribution in [2.45, 2.75) is 50.6 Å². The van der Waals surface area contributed by atoms with Gasteiger partial charge in [0.15, 0.2) is 0 Å². The quantitative estimate of drug-likeness (QED) is 0.623. The van der Waals surface area contributed by atoms with Crippen LogP contribution in [0.2, 0.25) is 0 Å². The fraction of sp³-hybridized carbons (Fsp3) is 0.625. The Hall–Kier alpha value is -1.33. The lowest BCUT2D eigenvalue weighted by molar-refractivity contribution is -0.253. The fourth-order valence-electron chi connectivity index (χ4n) is 2.95. The molecule has 1 aliphatic rings. The van der Waals surface area contributed by atoms with Gasteiger partial charge in [0.25, 0.3) is 0 Å². The highest BCUT2D eigenvalue weighted by atomic mass is 19.3. The molecule has 0 unspecified atom stereocenters. The maximum absolute atomic E-state index is 12.8. The van der Waals surface area contributed by atoms with Crippen molar-refractivity contribution in [2.75, 3.05) is 6.67 Å². The molecule has 0 saturated heterocycles. The van der Waals surface area contributed by atoms with Crippen molar-refractivity contribution >= 4 is 0 Å². The van der Waals surface area contributed by atoms with E-state index in [2.05, 4.69) is 4.74 Å². The lowest BCUT2D eigenvalue weighted by atomic mass is 9.78. The normalized spacial score (nSPS) is 22.8. The van der Waals surface area contributed by atoms with Gasteiger partial charge in [-0.15, -0.1) is 0 Å². The van der Waals surface area contributed by atoms with Crippen molar-refractivity contribution < 1.29 is 26.7 Å². The van der Waals surface area contributed by atoms with Crippen LogP contribution in [0.15, 0.2) is 24.3 Å². The largest absolute Gasteiger partial charge is 0.461 e. The minimum absolute atomic E-state index is 0.278. The second-order valence-corrected chi connectivity index (χ2v) is 5.73. The van der Waals surface area contributed by atoms with E-state index in [-0.39, 0.29) is 12.4 Å². The van der Waals surface area contributed by atoms with E-state index in [1.54, 1.807) is 12.1 Å².